The summed E-state index contributed by atoms with van der Waals surface area (Å²) in [5.74, 6) is 0.661. The Bertz CT molecular complexity index is 589. The van der Waals surface area contributed by atoms with Crippen LogP contribution in [-0.2, 0) is 13.0 Å². The van der Waals surface area contributed by atoms with Crippen LogP contribution in [-0.4, -0.2) is 4.92 Å². The molecule has 2 rings (SSSR count). The van der Waals surface area contributed by atoms with Crippen molar-refractivity contribution in [2.75, 3.05) is 5.32 Å². The van der Waals surface area contributed by atoms with Gasteiger partial charge >= 0.3 is 0 Å². The first-order chi connectivity index (χ1) is 10.0. The summed E-state index contributed by atoms with van der Waals surface area (Å²) < 4.78 is 0. The van der Waals surface area contributed by atoms with E-state index in [0.29, 0.717) is 12.5 Å². The lowest BCUT2D eigenvalue weighted by molar-refractivity contribution is -0.384. The Labute approximate surface area is 125 Å². The van der Waals surface area contributed by atoms with Gasteiger partial charge in [0.25, 0.3) is 5.69 Å². The zero-order valence-electron chi connectivity index (χ0n) is 12.4. The highest BCUT2D eigenvalue weighted by molar-refractivity contribution is 5.48. The SMILES string of the molecule is CC(C)Cc1ccc(CNc2ccc([N+](=O)[O-])cc2)cc1. The number of nitrogens with zero attached hydrogens (tertiary/aromatic N) is 1. The zero-order chi connectivity index (χ0) is 15.2. The van der Waals surface area contributed by atoms with Crippen molar-refractivity contribution in [2.45, 2.75) is 26.8 Å². The number of anilines is 1. The van der Waals surface area contributed by atoms with E-state index in [9.17, 15) is 10.1 Å². The monoisotopic (exact) mass is 284 g/mol. The second-order valence-corrected chi connectivity index (χ2v) is 5.57. The van der Waals surface area contributed by atoms with Crippen LogP contribution in [0.15, 0.2) is 48.5 Å². The predicted octanol–water partition coefficient (Wildman–Crippen LogP) is 4.41. The van der Waals surface area contributed by atoms with Crippen LogP contribution in [0.25, 0.3) is 0 Å². The summed E-state index contributed by atoms with van der Waals surface area (Å²) in [6.07, 6.45) is 1.09. The molecule has 0 fully saturated rings. The molecule has 0 radical (unpaired) electrons. The molecule has 110 valence electrons. The van der Waals surface area contributed by atoms with Crippen LogP contribution in [0.5, 0.6) is 0 Å². The first-order valence-corrected chi connectivity index (χ1v) is 7.11. The van der Waals surface area contributed by atoms with E-state index in [1.807, 2.05) is 0 Å². The Hall–Kier alpha value is -2.36. The summed E-state index contributed by atoms with van der Waals surface area (Å²) in [6, 6.07) is 15.0. The van der Waals surface area contributed by atoms with Crippen molar-refractivity contribution >= 4 is 11.4 Å². The molecule has 2 aromatic rings. The predicted molar refractivity (Wildman–Crippen MR) is 85.4 cm³/mol. The number of nitro benzene ring substituents is 1. The zero-order valence-corrected chi connectivity index (χ0v) is 12.4. The molecule has 0 aliphatic heterocycles. The van der Waals surface area contributed by atoms with Gasteiger partial charge in [-0.1, -0.05) is 38.1 Å². The van der Waals surface area contributed by atoms with Crippen molar-refractivity contribution in [1.29, 1.82) is 0 Å². The Balaban J connectivity index is 1.91. The van der Waals surface area contributed by atoms with Crippen LogP contribution >= 0.6 is 0 Å². The highest BCUT2D eigenvalue weighted by Gasteiger charge is 2.03. The highest BCUT2D eigenvalue weighted by Crippen LogP contribution is 2.16. The average molecular weight is 284 g/mol. The van der Waals surface area contributed by atoms with E-state index in [4.69, 9.17) is 0 Å². The molecule has 0 aromatic heterocycles. The minimum Gasteiger partial charge on any atom is -0.381 e. The maximum atomic E-state index is 10.6. The fourth-order valence-corrected chi connectivity index (χ4v) is 2.17. The summed E-state index contributed by atoms with van der Waals surface area (Å²) >= 11 is 0. The van der Waals surface area contributed by atoms with E-state index in [0.717, 1.165) is 12.1 Å². The molecular weight excluding hydrogens is 264 g/mol. The van der Waals surface area contributed by atoms with E-state index < -0.39 is 4.92 Å². The highest BCUT2D eigenvalue weighted by atomic mass is 16.6. The van der Waals surface area contributed by atoms with Crippen LogP contribution in [0.1, 0.15) is 25.0 Å². The van der Waals surface area contributed by atoms with Gasteiger partial charge in [0.2, 0.25) is 0 Å². The van der Waals surface area contributed by atoms with Gasteiger partial charge < -0.3 is 5.32 Å². The van der Waals surface area contributed by atoms with Crippen LogP contribution in [0.3, 0.4) is 0 Å². The number of hydrogen-bond acceptors (Lipinski definition) is 3. The lowest BCUT2D eigenvalue weighted by Crippen LogP contribution is -2.00. The molecule has 4 heteroatoms. The maximum Gasteiger partial charge on any atom is 0.269 e. The van der Waals surface area contributed by atoms with Gasteiger partial charge in [0.15, 0.2) is 0 Å². The number of nitrogens with one attached hydrogen (secondary N) is 1. The molecule has 1 N–H and O–H groups in total. The van der Waals surface area contributed by atoms with Gasteiger partial charge in [0.1, 0.15) is 0 Å². The molecular formula is C17H20N2O2. The molecule has 21 heavy (non-hydrogen) atoms. The Morgan fingerprint density at radius 3 is 2.10 bits per heavy atom. The number of non-ortho nitro benzene ring substituents is 1. The third-order valence-corrected chi connectivity index (χ3v) is 3.24. The second kappa shape index (κ2) is 6.88. The van der Waals surface area contributed by atoms with Gasteiger partial charge in [-0.15, -0.1) is 0 Å². The summed E-state index contributed by atoms with van der Waals surface area (Å²) in [7, 11) is 0. The van der Waals surface area contributed by atoms with Crippen molar-refractivity contribution in [3.63, 3.8) is 0 Å². The fourth-order valence-electron chi connectivity index (χ4n) is 2.17. The van der Waals surface area contributed by atoms with E-state index >= 15 is 0 Å². The van der Waals surface area contributed by atoms with Gasteiger partial charge in [-0.05, 0) is 35.6 Å². The van der Waals surface area contributed by atoms with Gasteiger partial charge in [-0.2, -0.15) is 0 Å². The van der Waals surface area contributed by atoms with E-state index in [1.54, 1.807) is 12.1 Å². The Kier molecular flexibility index (Phi) is 4.93. The van der Waals surface area contributed by atoms with Gasteiger partial charge in [-0.3, -0.25) is 10.1 Å². The smallest absolute Gasteiger partial charge is 0.269 e. The van der Waals surface area contributed by atoms with Crippen molar-refractivity contribution in [2.24, 2.45) is 5.92 Å². The number of benzene rings is 2. The van der Waals surface area contributed by atoms with Crippen molar-refractivity contribution < 1.29 is 4.92 Å². The topological polar surface area (TPSA) is 55.2 Å². The quantitative estimate of drug-likeness (QED) is 0.631. The summed E-state index contributed by atoms with van der Waals surface area (Å²) in [5.41, 5.74) is 3.54. The Morgan fingerprint density at radius 1 is 1.00 bits per heavy atom. The third-order valence-electron chi connectivity index (χ3n) is 3.24. The fraction of sp³-hybridized carbons (Fsp3) is 0.294. The summed E-state index contributed by atoms with van der Waals surface area (Å²) in [4.78, 5) is 10.2. The molecule has 0 spiro atoms. The summed E-state index contributed by atoms with van der Waals surface area (Å²) in [6.45, 7) is 5.13. The van der Waals surface area contributed by atoms with E-state index in [-0.39, 0.29) is 5.69 Å². The molecule has 4 nitrogen and oxygen atoms in total. The number of nitro groups is 1. The molecule has 0 saturated heterocycles. The van der Waals surface area contributed by atoms with Gasteiger partial charge in [0.05, 0.1) is 4.92 Å². The lowest BCUT2D eigenvalue weighted by Gasteiger charge is -2.08. The van der Waals surface area contributed by atoms with Crippen LogP contribution < -0.4 is 5.32 Å². The van der Waals surface area contributed by atoms with Crippen molar-refractivity contribution in [3.8, 4) is 0 Å². The average Bonchev–Trinajstić information content (AvgIpc) is 2.46. The molecule has 0 heterocycles. The van der Waals surface area contributed by atoms with Gasteiger partial charge in [0, 0.05) is 24.4 Å². The minimum absolute atomic E-state index is 0.110. The molecule has 0 unspecified atom stereocenters. The molecule has 0 saturated carbocycles. The molecule has 0 aliphatic rings. The van der Waals surface area contributed by atoms with Gasteiger partial charge in [-0.25, -0.2) is 0 Å². The standard InChI is InChI=1S/C17H20N2O2/c1-13(2)11-14-3-5-15(6-4-14)12-18-16-7-9-17(10-8-16)19(20)21/h3-10,13,18H,11-12H2,1-2H3. The number of rotatable bonds is 6. The van der Waals surface area contributed by atoms with Crippen molar-refractivity contribution in [1.82, 2.24) is 0 Å². The second-order valence-electron chi connectivity index (χ2n) is 5.57. The maximum absolute atomic E-state index is 10.6. The van der Waals surface area contributed by atoms with E-state index in [2.05, 4.69) is 43.4 Å². The molecule has 0 aliphatic carbocycles. The molecule has 0 atom stereocenters. The first kappa shape index (κ1) is 15.0. The molecule has 0 bridgehead atoms. The van der Waals surface area contributed by atoms with Crippen molar-refractivity contribution in [3.05, 3.63) is 69.8 Å². The van der Waals surface area contributed by atoms with Crippen LogP contribution in [0, 0.1) is 16.0 Å². The molecule has 0 amide bonds. The van der Waals surface area contributed by atoms with Crippen LogP contribution in [0.2, 0.25) is 0 Å². The number of hydrogen-bond donors (Lipinski definition) is 1. The summed E-state index contributed by atoms with van der Waals surface area (Å²) in [5, 5.41) is 13.8. The minimum atomic E-state index is -0.392. The van der Waals surface area contributed by atoms with E-state index in [1.165, 1.54) is 23.3 Å². The van der Waals surface area contributed by atoms with Crippen LogP contribution in [0.4, 0.5) is 11.4 Å². The molecule has 2 aromatic carbocycles. The lowest BCUT2D eigenvalue weighted by atomic mass is 10.0. The Morgan fingerprint density at radius 2 is 1.57 bits per heavy atom. The third kappa shape index (κ3) is 4.60. The first-order valence-electron chi connectivity index (χ1n) is 7.11. The largest absolute Gasteiger partial charge is 0.381 e. The normalized spacial score (nSPS) is 10.6.